The number of hydrogen-bond acceptors (Lipinski definition) is 4. The first kappa shape index (κ1) is 18.7. The minimum Gasteiger partial charge on any atom is -0.455 e. The van der Waals surface area contributed by atoms with Gasteiger partial charge in [0.25, 0.3) is 0 Å². The monoisotopic (exact) mass is 340 g/mol. The third kappa shape index (κ3) is 4.92. The molecule has 0 spiro atoms. The van der Waals surface area contributed by atoms with Crippen molar-refractivity contribution in [3.05, 3.63) is 65.7 Å². The maximum Gasteiger partial charge on any atom is 0.343 e. The van der Waals surface area contributed by atoms with Crippen molar-refractivity contribution < 1.29 is 19.1 Å². The van der Waals surface area contributed by atoms with Gasteiger partial charge in [-0.1, -0.05) is 44.2 Å². The lowest BCUT2D eigenvalue weighted by molar-refractivity contribution is -0.162. The molecular formula is C21H24O4. The van der Waals surface area contributed by atoms with E-state index in [2.05, 4.69) is 0 Å². The van der Waals surface area contributed by atoms with Crippen molar-refractivity contribution >= 4 is 11.9 Å². The van der Waals surface area contributed by atoms with Gasteiger partial charge in [-0.05, 0) is 50.1 Å². The van der Waals surface area contributed by atoms with Gasteiger partial charge in [-0.15, -0.1) is 0 Å². The highest BCUT2D eigenvalue weighted by atomic mass is 16.6. The van der Waals surface area contributed by atoms with Gasteiger partial charge in [-0.2, -0.15) is 0 Å². The lowest BCUT2D eigenvalue weighted by Gasteiger charge is -2.27. The Hall–Kier alpha value is -2.62. The molecule has 4 heteroatoms. The van der Waals surface area contributed by atoms with E-state index in [1.807, 2.05) is 39.8 Å². The Balaban J connectivity index is 2.15. The van der Waals surface area contributed by atoms with Crippen LogP contribution < -0.4 is 4.74 Å². The number of carbonyl (C=O) groups is 2. The fourth-order valence-corrected chi connectivity index (χ4v) is 2.25. The van der Waals surface area contributed by atoms with Gasteiger partial charge in [0.15, 0.2) is 0 Å². The van der Waals surface area contributed by atoms with Crippen molar-refractivity contribution in [2.75, 3.05) is 0 Å². The van der Waals surface area contributed by atoms with Gasteiger partial charge in [-0.25, -0.2) is 4.79 Å². The average Bonchev–Trinajstić information content (AvgIpc) is 2.61. The van der Waals surface area contributed by atoms with Crippen LogP contribution in [0.2, 0.25) is 0 Å². The minimum atomic E-state index is -0.810. The van der Waals surface area contributed by atoms with E-state index in [4.69, 9.17) is 9.47 Å². The van der Waals surface area contributed by atoms with Crippen molar-refractivity contribution in [3.8, 4) is 5.75 Å². The second-order valence-corrected chi connectivity index (χ2v) is 6.52. The van der Waals surface area contributed by atoms with Crippen LogP contribution in [0.15, 0.2) is 54.6 Å². The molecule has 0 radical (unpaired) electrons. The summed E-state index contributed by atoms with van der Waals surface area (Å²) >= 11 is 0. The summed E-state index contributed by atoms with van der Waals surface area (Å²) in [6.45, 7) is 7.44. The Labute approximate surface area is 148 Å². The summed E-state index contributed by atoms with van der Waals surface area (Å²) in [5, 5.41) is 0. The van der Waals surface area contributed by atoms with Gasteiger partial charge in [0.05, 0.1) is 11.5 Å². The zero-order valence-electron chi connectivity index (χ0n) is 15.1. The smallest absolute Gasteiger partial charge is 0.343 e. The number of esters is 2. The third-order valence-electron chi connectivity index (χ3n) is 4.12. The van der Waals surface area contributed by atoms with E-state index in [1.54, 1.807) is 42.5 Å². The van der Waals surface area contributed by atoms with Crippen LogP contribution in [-0.4, -0.2) is 11.9 Å². The highest BCUT2D eigenvalue weighted by Crippen LogP contribution is 2.29. The molecular weight excluding hydrogens is 316 g/mol. The van der Waals surface area contributed by atoms with E-state index < -0.39 is 11.6 Å². The molecule has 0 amide bonds. The van der Waals surface area contributed by atoms with E-state index in [0.29, 0.717) is 11.3 Å². The standard InChI is InChI=1S/C21H24O4/c1-5-15(2)19(22)25-21(3,4)17-12-9-13-18(14-17)24-20(23)16-10-7-6-8-11-16/h6-15H,5H2,1-4H3. The van der Waals surface area contributed by atoms with Crippen LogP contribution in [0.25, 0.3) is 0 Å². The summed E-state index contributed by atoms with van der Waals surface area (Å²) in [6, 6.07) is 15.9. The fourth-order valence-electron chi connectivity index (χ4n) is 2.25. The first-order valence-corrected chi connectivity index (χ1v) is 8.44. The molecule has 0 heterocycles. The molecule has 2 rings (SSSR count). The summed E-state index contributed by atoms with van der Waals surface area (Å²) in [5.41, 5.74) is 0.438. The molecule has 0 saturated carbocycles. The number of rotatable bonds is 6. The van der Waals surface area contributed by atoms with Crippen LogP contribution in [0.4, 0.5) is 0 Å². The van der Waals surface area contributed by atoms with E-state index in [0.717, 1.165) is 12.0 Å². The minimum absolute atomic E-state index is 0.154. The Bertz CT molecular complexity index is 735. The second-order valence-electron chi connectivity index (χ2n) is 6.52. The SMILES string of the molecule is CCC(C)C(=O)OC(C)(C)c1cccc(OC(=O)c2ccccc2)c1. The Morgan fingerprint density at radius 1 is 1.04 bits per heavy atom. The van der Waals surface area contributed by atoms with Gasteiger partial charge < -0.3 is 9.47 Å². The van der Waals surface area contributed by atoms with Gasteiger partial charge >= 0.3 is 11.9 Å². The zero-order valence-corrected chi connectivity index (χ0v) is 15.1. The number of ether oxygens (including phenoxy) is 2. The van der Waals surface area contributed by atoms with Gasteiger partial charge in [0.1, 0.15) is 11.4 Å². The van der Waals surface area contributed by atoms with Crippen molar-refractivity contribution in [2.24, 2.45) is 5.92 Å². The molecule has 0 fully saturated rings. The van der Waals surface area contributed by atoms with Crippen molar-refractivity contribution in [1.29, 1.82) is 0 Å². The average molecular weight is 340 g/mol. The number of hydrogen-bond donors (Lipinski definition) is 0. The molecule has 0 aliphatic carbocycles. The third-order valence-corrected chi connectivity index (χ3v) is 4.12. The van der Waals surface area contributed by atoms with Crippen LogP contribution in [0, 0.1) is 5.92 Å². The largest absolute Gasteiger partial charge is 0.455 e. The maximum absolute atomic E-state index is 12.2. The van der Waals surface area contributed by atoms with Gasteiger partial charge in [0, 0.05) is 0 Å². The van der Waals surface area contributed by atoms with Crippen LogP contribution in [-0.2, 0) is 15.1 Å². The predicted molar refractivity (Wildman–Crippen MR) is 96.4 cm³/mol. The predicted octanol–water partition coefficient (Wildman–Crippen LogP) is 4.73. The number of benzene rings is 2. The Morgan fingerprint density at radius 3 is 2.36 bits per heavy atom. The Kier molecular flexibility index (Phi) is 5.97. The van der Waals surface area contributed by atoms with Crippen molar-refractivity contribution in [3.63, 3.8) is 0 Å². The lowest BCUT2D eigenvalue weighted by atomic mass is 9.97. The molecule has 2 aromatic carbocycles. The van der Waals surface area contributed by atoms with Crippen molar-refractivity contribution in [1.82, 2.24) is 0 Å². The highest BCUT2D eigenvalue weighted by molar-refractivity contribution is 5.90. The van der Waals surface area contributed by atoms with E-state index in [9.17, 15) is 9.59 Å². The van der Waals surface area contributed by atoms with Crippen LogP contribution in [0.5, 0.6) is 5.75 Å². The van der Waals surface area contributed by atoms with E-state index in [1.165, 1.54) is 0 Å². The molecule has 0 aromatic heterocycles. The molecule has 25 heavy (non-hydrogen) atoms. The normalized spacial score (nSPS) is 12.3. The summed E-state index contributed by atoms with van der Waals surface area (Å²) in [6.07, 6.45) is 0.726. The van der Waals surface area contributed by atoms with E-state index >= 15 is 0 Å². The summed E-state index contributed by atoms with van der Waals surface area (Å²) in [4.78, 5) is 24.3. The second kappa shape index (κ2) is 7.97. The topological polar surface area (TPSA) is 52.6 Å². The summed E-state index contributed by atoms with van der Waals surface area (Å²) in [7, 11) is 0. The van der Waals surface area contributed by atoms with Crippen molar-refractivity contribution in [2.45, 2.75) is 39.7 Å². The quantitative estimate of drug-likeness (QED) is 0.563. The van der Waals surface area contributed by atoms with E-state index in [-0.39, 0.29) is 11.9 Å². The molecule has 1 unspecified atom stereocenters. The molecule has 1 atom stereocenters. The maximum atomic E-state index is 12.2. The van der Waals surface area contributed by atoms with Gasteiger partial charge in [0.2, 0.25) is 0 Å². The molecule has 4 nitrogen and oxygen atoms in total. The molecule has 0 bridgehead atoms. The zero-order chi connectivity index (χ0) is 18.4. The lowest BCUT2D eigenvalue weighted by Crippen LogP contribution is -2.28. The summed E-state index contributed by atoms with van der Waals surface area (Å²) in [5.74, 6) is -0.399. The fraction of sp³-hybridized carbons (Fsp3) is 0.333. The van der Waals surface area contributed by atoms with Crippen LogP contribution >= 0.6 is 0 Å². The highest BCUT2D eigenvalue weighted by Gasteiger charge is 2.28. The summed E-state index contributed by atoms with van der Waals surface area (Å²) < 4.78 is 11.1. The molecule has 0 aliphatic heterocycles. The number of carbonyl (C=O) groups excluding carboxylic acids is 2. The molecule has 132 valence electrons. The van der Waals surface area contributed by atoms with Crippen LogP contribution in [0.1, 0.15) is 50.0 Å². The first-order valence-electron chi connectivity index (χ1n) is 8.44. The molecule has 0 saturated heterocycles. The molecule has 2 aromatic rings. The Morgan fingerprint density at radius 2 is 1.72 bits per heavy atom. The van der Waals surface area contributed by atoms with Gasteiger partial charge in [-0.3, -0.25) is 4.79 Å². The van der Waals surface area contributed by atoms with Crippen LogP contribution in [0.3, 0.4) is 0 Å². The molecule has 0 aliphatic rings. The molecule has 0 N–H and O–H groups in total. The first-order chi connectivity index (χ1) is 11.8.